The number of carboxylic acid groups (broad SMARTS) is 1. The number of rotatable bonds is 10. The fourth-order valence-electron chi connectivity index (χ4n) is 2.54. The van der Waals surface area contributed by atoms with E-state index in [1.165, 1.54) is 0 Å². The molecule has 0 bridgehead atoms. The van der Waals surface area contributed by atoms with Gasteiger partial charge in [-0.3, -0.25) is 9.59 Å². The van der Waals surface area contributed by atoms with E-state index >= 15 is 0 Å². The Hall–Kier alpha value is -2.81. The fourth-order valence-corrected chi connectivity index (χ4v) is 2.54. The second-order valence-corrected chi connectivity index (χ2v) is 6.09. The van der Waals surface area contributed by atoms with Crippen LogP contribution in [-0.2, 0) is 20.9 Å². The van der Waals surface area contributed by atoms with E-state index in [4.69, 9.17) is 14.6 Å². The number of nitrogens with one attached hydrogen (secondary N) is 3. The SMILES string of the molecule is O=C(O)CCNC(=O)NCc1ccccc1OCC(=O)NCC1CCCO1. The average Bonchev–Trinajstić information content (AvgIpc) is 3.17. The molecule has 1 aliphatic rings. The van der Waals surface area contributed by atoms with Gasteiger partial charge < -0.3 is 30.5 Å². The number of amides is 3. The highest BCUT2D eigenvalue weighted by molar-refractivity contribution is 5.77. The Morgan fingerprint density at radius 2 is 2.00 bits per heavy atom. The smallest absolute Gasteiger partial charge is 0.315 e. The summed E-state index contributed by atoms with van der Waals surface area (Å²) in [5.41, 5.74) is 0.706. The number of benzene rings is 1. The van der Waals surface area contributed by atoms with Crippen molar-refractivity contribution in [3.63, 3.8) is 0 Å². The molecule has 1 saturated heterocycles. The molecule has 9 nitrogen and oxygen atoms in total. The third-order valence-corrected chi connectivity index (χ3v) is 3.95. The van der Waals surface area contributed by atoms with Crippen molar-refractivity contribution in [1.82, 2.24) is 16.0 Å². The Kier molecular flexibility index (Phi) is 8.37. The zero-order chi connectivity index (χ0) is 19.5. The number of para-hydroxylation sites is 1. The molecule has 0 aromatic heterocycles. The van der Waals surface area contributed by atoms with E-state index in [1.807, 2.05) is 0 Å². The van der Waals surface area contributed by atoms with Crippen molar-refractivity contribution in [2.75, 3.05) is 26.3 Å². The van der Waals surface area contributed by atoms with Crippen LogP contribution in [-0.4, -0.2) is 55.4 Å². The maximum absolute atomic E-state index is 11.9. The summed E-state index contributed by atoms with van der Waals surface area (Å²) in [5, 5.41) is 16.4. The Balaban J connectivity index is 1.72. The molecule has 148 valence electrons. The number of carbonyl (C=O) groups excluding carboxylic acids is 2. The molecule has 27 heavy (non-hydrogen) atoms. The molecule has 0 radical (unpaired) electrons. The number of aliphatic carboxylic acids is 1. The van der Waals surface area contributed by atoms with E-state index in [1.54, 1.807) is 24.3 Å². The van der Waals surface area contributed by atoms with E-state index in [-0.39, 0.29) is 38.1 Å². The predicted octanol–water partition coefficient (Wildman–Crippen LogP) is 0.634. The minimum atomic E-state index is -0.980. The molecule has 1 fully saturated rings. The average molecular weight is 379 g/mol. The first-order valence-electron chi connectivity index (χ1n) is 8.87. The Bertz CT molecular complexity index is 646. The first kappa shape index (κ1) is 20.5. The zero-order valence-corrected chi connectivity index (χ0v) is 15.0. The Morgan fingerprint density at radius 3 is 2.74 bits per heavy atom. The van der Waals surface area contributed by atoms with Crippen molar-refractivity contribution in [3.8, 4) is 5.75 Å². The van der Waals surface area contributed by atoms with Gasteiger partial charge in [0.25, 0.3) is 5.91 Å². The van der Waals surface area contributed by atoms with Gasteiger partial charge in [-0.15, -0.1) is 0 Å². The number of carboxylic acids is 1. The summed E-state index contributed by atoms with van der Waals surface area (Å²) in [6.07, 6.45) is 1.89. The molecule has 4 N–H and O–H groups in total. The first-order valence-corrected chi connectivity index (χ1v) is 8.87. The maximum atomic E-state index is 11.9. The van der Waals surface area contributed by atoms with E-state index in [2.05, 4.69) is 16.0 Å². The van der Waals surface area contributed by atoms with Gasteiger partial charge in [0.2, 0.25) is 0 Å². The van der Waals surface area contributed by atoms with Crippen LogP contribution in [0.5, 0.6) is 5.75 Å². The second-order valence-electron chi connectivity index (χ2n) is 6.09. The lowest BCUT2D eigenvalue weighted by molar-refractivity contribution is -0.136. The van der Waals surface area contributed by atoms with Gasteiger partial charge in [-0.25, -0.2) is 4.79 Å². The molecular formula is C18H25N3O6. The normalized spacial score (nSPS) is 15.8. The molecule has 1 unspecified atom stereocenters. The minimum Gasteiger partial charge on any atom is -0.483 e. The molecule has 1 aliphatic heterocycles. The van der Waals surface area contributed by atoms with Crippen LogP contribution in [0.1, 0.15) is 24.8 Å². The monoisotopic (exact) mass is 379 g/mol. The van der Waals surface area contributed by atoms with Gasteiger partial charge in [-0.05, 0) is 18.9 Å². The molecule has 9 heteroatoms. The Morgan fingerprint density at radius 1 is 1.19 bits per heavy atom. The number of hydrogen-bond donors (Lipinski definition) is 4. The van der Waals surface area contributed by atoms with Crippen LogP contribution in [0.4, 0.5) is 4.79 Å². The molecule has 0 saturated carbocycles. The van der Waals surface area contributed by atoms with Crippen molar-refractivity contribution in [2.24, 2.45) is 0 Å². The predicted molar refractivity (Wildman–Crippen MR) is 96.4 cm³/mol. The molecule has 1 aromatic carbocycles. The number of ether oxygens (including phenoxy) is 2. The lowest BCUT2D eigenvalue weighted by atomic mass is 10.2. The van der Waals surface area contributed by atoms with Gasteiger partial charge >= 0.3 is 12.0 Å². The zero-order valence-electron chi connectivity index (χ0n) is 15.0. The van der Waals surface area contributed by atoms with Crippen LogP contribution in [0.2, 0.25) is 0 Å². The van der Waals surface area contributed by atoms with Crippen LogP contribution in [0.25, 0.3) is 0 Å². The molecule has 1 atom stereocenters. The largest absolute Gasteiger partial charge is 0.483 e. The van der Waals surface area contributed by atoms with Gasteiger partial charge in [-0.2, -0.15) is 0 Å². The van der Waals surface area contributed by atoms with Crippen LogP contribution < -0.4 is 20.7 Å². The highest BCUT2D eigenvalue weighted by Crippen LogP contribution is 2.17. The van der Waals surface area contributed by atoms with Crippen molar-refractivity contribution in [3.05, 3.63) is 29.8 Å². The van der Waals surface area contributed by atoms with Gasteiger partial charge in [0.1, 0.15) is 5.75 Å². The van der Waals surface area contributed by atoms with E-state index in [9.17, 15) is 14.4 Å². The summed E-state index contributed by atoms with van der Waals surface area (Å²) in [4.78, 5) is 34.0. The molecular weight excluding hydrogens is 354 g/mol. The lowest BCUT2D eigenvalue weighted by Crippen LogP contribution is -2.36. The number of hydrogen-bond acceptors (Lipinski definition) is 5. The van der Waals surface area contributed by atoms with E-state index < -0.39 is 12.0 Å². The molecule has 1 heterocycles. The van der Waals surface area contributed by atoms with Crippen molar-refractivity contribution in [2.45, 2.75) is 31.9 Å². The van der Waals surface area contributed by atoms with Gasteiger partial charge in [-0.1, -0.05) is 18.2 Å². The quantitative estimate of drug-likeness (QED) is 0.473. The Labute approximate surface area is 157 Å². The van der Waals surface area contributed by atoms with Crippen LogP contribution in [0.15, 0.2) is 24.3 Å². The van der Waals surface area contributed by atoms with Gasteiger partial charge in [0, 0.05) is 31.8 Å². The molecule has 0 aliphatic carbocycles. The first-order chi connectivity index (χ1) is 13.0. The second kappa shape index (κ2) is 11.0. The van der Waals surface area contributed by atoms with Crippen LogP contribution >= 0.6 is 0 Å². The van der Waals surface area contributed by atoms with Crippen molar-refractivity contribution >= 4 is 17.9 Å². The summed E-state index contributed by atoms with van der Waals surface area (Å²) >= 11 is 0. The molecule has 0 spiro atoms. The summed E-state index contributed by atoms with van der Waals surface area (Å²) in [6, 6.07) is 6.59. The summed E-state index contributed by atoms with van der Waals surface area (Å²) in [5.74, 6) is -0.720. The van der Waals surface area contributed by atoms with Crippen LogP contribution in [0.3, 0.4) is 0 Å². The summed E-state index contributed by atoms with van der Waals surface area (Å²) < 4.78 is 11.0. The molecule has 2 rings (SSSR count). The highest BCUT2D eigenvalue weighted by atomic mass is 16.5. The third-order valence-electron chi connectivity index (χ3n) is 3.95. The molecule has 1 aromatic rings. The van der Waals surface area contributed by atoms with E-state index in [0.29, 0.717) is 17.9 Å². The van der Waals surface area contributed by atoms with E-state index in [0.717, 1.165) is 19.4 Å². The van der Waals surface area contributed by atoms with Crippen molar-refractivity contribution < 1.29 is 29.0 Å². The number of carbonyl (C=O) groups is 3. The van der Waals surface area contributed by atoms with Crippen LogP contribution in [0, 0.1) is 0 Å². The standard InChI is InChI=1S/C18H25N3O6/c22-16(20-11-14-5-3-9-26-14)12-27-15-6-2-1-4-13(15)10-21-18(25)19-8-7-17(23)24/h1-2,4,6,14H,3,5,7-12H2,(H,20,22)(H,23,24)(H2,19,21,25). The maximum Gasteiger partial charge on any atom is 0.315 e. The lowest BCUT2D eigenvalue weighted by Gasteiger charge is -2.14. The third kappa shape index (κ3) is 7.95. The topological polar surface area (TPSA) is 126 Å². The highest BCUT2D eigenvalue weighted by Gasteiger charge is 2.16. The summed E-state index contributed by atoms with van der Waals surface area (Å²) in [7, 11) is 0. The van der Waals surface area contributed by atoms with Gasteiger partial charge in [0.05, 0.1) is 12.5 Å². The molecule has 3 amide bonds. The minimum absolute atomic E-state index is 0.0458. The van der Waals surface area contributed by atoms with Crippen molar-refractivity contribution in [1.29, 1.82) is 0 Å². The number of urea groups is 1. The van der Waals surface area contributed by atoms with Gasteiger partial charge in [0.15, 0.2) is 6.61 Å². The summed E-state index contributed by atoms with van der Waals surface area (Å²) in [6.45, 7) is 1.31. The fraction of sp³-hybridized carbons (Fsp3) is 0.500.